The Hall–Kier alpha value is -3.32. The van der Waals surface area contributed by atoms with Crippen LogP contribution in [0.4, 0.5) is 4.39 Å². The summed E-state index contributed by atoms with van der Waals surface area (Å²) in [4.78, 5) is 25.7. The third-order valence-corrected chi connectivity index (χ3v) is 4.98. The van der Waals surface area contributed by atoms with Crippen LogP contribution in [-0.4, -0.2) is 65.4 Å². The van der Waals surface area contributed by atoms with Crippen molar-refractivity contribution in [2.24, 2.45) is 0 Å². The number of carbonyl (C=O) groups excluding carboxylic acids is 2. The van der Waals surface area contributed by atoms with Crippen molar-refractivity contribution in [1.82, 2.24) is 10.2 Å². The smallest absolute Gasteiger partial charge is 0.254 e. The Morgan fingerprint density at radius 3 is 2.45 bits per heavy atom. The van der Waals surface area contributed by atoms with Crippen LogP contribution >= 0.6 is 0 Å². The van der Waals surface area contributed by atoms with Crippen LogP contribution in [0.15, 0.2) is 42.5 Å². The van der Waals surface area contributed by atoms with E-state index >= 15 is 0 Å². The molecule has 9 heteroatoms. The zero-order valence-corrected chi connectivity index (χ0v) is 16.6. The zero-order chi connectivity index (χ0) is 22.4. The van der Waals surface area contributed by atoms with Crippen molar-refractivity contribution in [1.29, 1.82) is 5.26 Å². The highest BCUT2D eigenvalue weighted by Crippen LogP contribution is 2.24. The number of nitrogens with one attached hydrogen (secondary N) is 1. The van der Waals surface area contributed by atoms with Crippen LogP contribution in [0.25, 0.3) is 11.1 Å². The van der Waals surface area contributed by atoms with E-state index in [1.807, 2.05) is 6.07 Å². The molecule has 1 aliphatic heterocycles. The van der Waals surface area contributed by atoms with Gasteiger partial charge in [-0.3, -0.25) is 9.59 Å². The Balaban J connectivity index is 1.58. The van der Waals surface area contributed by atoms with Crippen molar-refractivity contribution in [3.63, 3.8) is 0 Å². The number of hydrogen-bond acceptors (Lipinski definition) is 6. The van der Waals surface area contributed by atoms with Crippen LogP contribution in [0.1, 0.15) is 11.1 Å². The number of nitriles is 1. The Labute approximate surface area is 178 Å². The van der Waals surface area contributed by atoms with E-state index in [1.54, 1.807) is 24.3 Å². The predicted molar refractivity (Wildman–Crippen MR) is 108 cm³/mol. The van der Waals surface area contributed by atoms with E-state index in [1.165, 1.54) is 17.0 Å². The third-order valence-electron chi connectivity index (χ3n) is 4.98. The molecule has 31 heavy (non-hydrogen) atoms. The molecule has 0 aromatic heterocycles. The Bertz CT molecular complexity index is 984. The molecule has 0 bridgehead atoms. The fourth-order valence-corrected chi connectivity index (χ4v) is 3.21. The monoisotopic (exact) mass is 427 g/mol. The second-order valence-electron chi connectivity index (χ2n) is 7.04. The fourth-order valence-electron chi connectivity index (χ4n) is 3.21. The highest BCUT2D eigenvalue weighted by molar-refractivity contribution is 5.90. The van der Waals surface area contributed by atoms with Crippen LogP contribution in [0.2, 0.25) is 0 Å². The number of benzene rings is 2. The molecular weight excluding hydrogens is 405 g/mol. The molecule has 162 valence electrons. The second kappa shape index (κ2) is 10.1. The van der Waals surface area contributed by atoms with Gasteiger partial charge in [0.2, 0.25) is 0 Å². The van der Waals surface area contributed by atoms with Crippen LogP contribution in [0.3, 0.4) is 0 Å². The Morgan fingerprint density at radius 2 is 1.81 bits per heavy atom. The molecule has 2 atom stereocenters. The average molecular weight is 427 g/mol. The topological polar surface area (TPSA) is 123 Å². The lowest BCUT2D eigenvalue weighted by Gasteiger charge is -2.29. The van der Waals surface area contributed by atoms with E-state index < -0.39 is 29.8 Å². The van der Waals surface area contributed by atoms with Crippen molar-refractivity contribution >= 4 is 11.8 Å². The number of nitrogens with zero attached hydrogens (tertiary/aromatic N) is 2. The number of halogens is 1. The fraction of sp³-hybridized carbons (Fsp3) is 0.318. The molecule has 1 heterocycles. The summed E-state index contributed by atoms with van der Waals surface area (Å²) in [7, 11) is 0. The Morgan fingerprint density at radius 1 is 1.13 bits per heavy atom. The first kappa shape index (κ1) is 22.4. The van der Waals surface area contributed by atoms with Crippen molar-refractivity contribution in [2.45, 2.75) is 18.8 Å². The largest absolute Gasteiger partial charge is 0.380 e. The average Bonchev–Trinajstić information content (AvgIpc) is 2.81. The predicted octanol–water partition coefficient (Wildman–Crippen LogP) is 0.561. The minimum absolute atomic E-state index is 0.0587. The second-order valence-corrected chi connectivity index (χ2v) is 7.04. The van der Waals surface area contributed by atoms with E-state index in [0.29, 0.717) is 29.9 Å². The van der Waals surface area contributed by atoms with Gasteiger partial charge in [-0.05, 0) is 28.8 Å². The molecule has 1 fully saturated rings. The summed E-state index contributed by atoms with van der Waals surface area (Å²) in [5.41, 5.74) is 2.19. The quantitative estimate of drug-likeness (QED) is 0.619. The van der Waals surface area contributed by atoms with Crippen molar-refractivity contribution in [2.75, 3.05) is 26.3 Å². The summed E-state index contributed by atoms with van der Waals surface area (Å²) < 4.78 is 18.4. The first-order valence-electron chi connectivity index (χ1n) is 9.70. The van der Waals surface area contributed by atoms with Gasteiger partial charge >= 0.3 is 0 Å². The lowest BCUT2D eigenvalue weighted by atomic mass is 9.99. The van der Waals surface area contributed by atoms with E-state index in [0.717, 1.165) is 6.07 Å². The molecule has 2 aromatic rings. The maximum absolute atomic E-state index is 13.3. The van der Waals surface area contributed by atoms with Crippen molar-refractivity contribution in [3.8, 4) is 17.2 Å². The standard InChI is InChI=1S/C22H22FN3O5/c23-17-5-6-18(16(11-17)12-24)15-3-1-14(2-4-15)13-25-21(29)19(27)20(28)22(30)26-7-9-31-10-8-26/h1-6,11,19-20,27-28H,7-10,13H2,(H,25,29)/t19-,20-/m1/s1. The molecule has 0 radical (unpaired) electrons. The van der Waals surface area contributed by atoms with Gasteiger partial charge in [0.05, 0.1) is 24.8 Å². The number of aliphatic hydroxyl groups excluding tert-OH is 2. The van der Waals surface area contributed by atoms with Gasteiger partial charge in [-0.1, -0.05) is 30.3 Å². The van der Waals surface area contributed by atoms with Crippen LogP contribution in [0, 0.1) is 17.1 Å². The summed E-state index contributed by atoms with van der Waals surface area (Å²) in [6.07, 6.45) is -3.75. The summed E-state index contributed by atoms with van der Waals surface area (Å²) >= 11 is 0. The molecule has 3 rings (SSSR count). The first-order valence-corrected chi connectivity index (χ1v) is 9.70. The molecule has 1 saturated heterocycles. The number of ether oxygens (including phenoxy) is 1. The van der Waals surface area contributed by atoms with Gasteiger partial charge in [-0.25, -0.2) is 4.39 Å². The molecule has 0 spiro atoms. The molecule has 2 aromatic carbocycles. The summed E-state index contributed by atoms with van der Waals surface area (Å²) in [5.74, 6) is -2.08. The Kier molecular flexibility index (Phi) is 7.31. The number of carbonyl (C=O) groups is 2. The third kappa shape index (κ3) is 5.44. The number of hydrogen-bond donors (Lipinski definition) is 3. The molecule has 0 unspecified atom stereocenters. The van der Waals surface area contributed by atoms with Crippen molar-refractivity contribution < 1.29 is 28.9 Å². The molecule has 0 aliphatic carbocycles. The molecule has 8 nitrogen and oxygen atoms in total. The van der Waals surface area contributed by atoms with Gasteiger partial charge in [0.1, 0.15) is 5.82 Å². The van der Waals surface area contributed by atoms with Gasteiger partial charge in [0.15, 0.2) is 12.2 Å². The molecule has 2 amide bonds. The minimum Gasteiger partial charge on any atom is -0.380 e. The van der Waals surface area contributed by atoms with E-state index in [-0.39, 0.29) is 25.2 Å². The molecule has 3 N–H and O–H groups in total. The van der Waals surface area contributed by atoms with Crippen molar-refractivity contribution in [3.05, 3.63) is 59.4 Å². The van der Waals surface area contributed by atoms with E-state index in [9.17, 15) is 29.5 Å². The maximum Gasteiger partial charge on any atom is 0.254 e. The van der Waals surface area contributed by atoms with Gasteiger partial charge in [0, 0.05) is 19.6 Å². The zero-order valence-electron chi connectivity index (χ0n) is 16.6. The highest BCUT2D eigenvalue weighted by Gasteiger charge is 2.33. The first-order chi connectivity index (χ1) is 14.9. The number of aliphatic hydroxyl groups is 2. The van der Waals surface area contributed by atoms with E-state index in [4.69, 9.17) is 4.74 Å². The number of morpholine rings is 1. The lowest BCUT2D eigenvalue weighted by Crippen LogP contribution is -2.53. The lowest BCUT2D eigenvalue weighted by molar-refractivity contribution is -0.156. The van der Waals surface area contributed by atoms with Gasteiger partial charge in [-0.2, -0.15) is 5.26 Å². The van der Waals surface area contributed by atoms with Crippen LogP contribution in [-0.2, 0) is 20.9 Å². The van der Waals surface area contributed by atoms with E-state index in [2.05, 4.69) is 5.32 Å². The maximum atomic E-state index is 13.3. The number of rotatable bonds is 6. The van der Waals surface area contributed by atoms with Crippen LogP contribution < -0.4 is 5.32 Å². The minimum atomic E-state index is -1.90. The SMILES string of the molecule is N#Cc1cc(F)ccc1-c1ccc(CNC(=O)[C@H](O)[C@@H](O)C(=O)N2CCOCC2)cc1. The highest BCUT2D eigenvalue weighted by atomic mass is 19.1. The molecule has 1 aliphatic rings. The summed E-state index contributed by atoms with van der Waals surface area (Å²) in [6.45, 7) is 1.31. The molecular formula is C22H22FN3O5. The molecule has 0 saturated carbocycles. The van der Waals surface area contributed by atoms with Gasteiger partial charge in [0.25, 0.3) is 11.8 Å². The van der Waals surface area contributed by atoms with Crippen LogP contribution in [0.5, 0.6) is 0 Å². The summed E-state index contributed by atoms with van der Waals surface area (Å²) in [6, 6.07) is 12.8. The number of amides is 2. The summed E-state index contributed by atoms with van der Waals surface area (Å²) in [5, 5.41) is 31.7. The van der Waals surface area contributed by atoms with Gasteiger partial charge in [-0.15, -0.1) is 0 Å². The van der Waals surface area contributed by atoms with Gasteiger partial charge < -0.3 is 25.2 Å². The normalized spacial score (nSPS) is 15.6.